The van der Waals surface area contributed by atoms with E-state index in [1.54, 1.807) is 0 Å². The molecule has 8 nitrogen and oxygen atoms in total. The summed E-state index contributed by atoms with van der Waals surface area (Å²) in [4.78, 5) is 23.4. The van der Waals surface area contributed by atoms with Crippen LogP contribution in [0.3, 0.4) is 0 Å². The van der Waals surface area contributed by atoms with Crippen molar-refractivity contribution in [2.24, 2.45) is 0 Å². The van der Waals surface area contributed by atoms with Crippen LogP contribution in [0.2, 0.25) is 0 Å². The van der Waals surface area contributed by atoms with Crippen molar-refractivity contribution in [1.29, 1.82) is 0 Å². The van der Waals surface area contributed by atoms with Crippen LogP contribution in [-0.4, -0.2) is 73.4 Å². The van der Waals surface area contributed by atoms with E-state index in [0.29, 0.717) is 23.9 Å². The molecule has 0 aliphatic carbocycles. The van der Waals surface area contributed by atoms with Gasteiger partial charge < -0.3 is 19.8 Å². The van der Waals surface area contributed by atoms with Crippen molar-refractivity contribution in [1.82, 2.24) is 5.32 Å². The number of phosphoric acid groups is 1. The molecule has 0 aliphatic rings. The van der Waals surface area contributed by atoms with Gasteiger partial charge in [-0.15, -0.1) is 0 Å². The number of phosphoric ester groups is 1. The first-order chi connectivity index (χ1) is 36.0. The maximum atomic E-state index is 13.1. The third-order valence-electron chi connectivity index (χ3n) is 15.9. The molecule has 0 aliphatic heterocycles. The number of hydrogen-bond donors (Lipinski definition) is 3. The van der Waals surface area contributed by atoms with Gasteiger partial charge in [0, 0.05) is 6.42 Å². The van der Waals surface area contributed by atoms with Crippen LogP contribution in [-0.2, 0) is 18.4 Å². The summed E-state index contributed by atoms with van der Waals surface area (Å²) in [6.07, 6.45) is 70.5. The third kappa shape index (κ3) is 59.2. The molecule has 0 spiro atoms. The standard InChI is InChI=1S/C65H133N2O6P/c1-6-8-10-12-14-16-18-20-22-24-26-28-30-31-32-33-34-35-37-39-41-43-45-47-49-51-53-55-57-59-65(69)66-63(62-73-74(70,71)72-61-60-67(3,4)5)64(68)58-56-54-52-50-48-46-44-42-40-38-36-29-27-25-23-21-19-17-15-13-11-9-7-2/h63-64,68H,6-62H2,1-5H3,(H-,66,69,70,71)/p+1. The molecule has 3 N–H and O–H groups in total. The zero-order valence-corrected chi connectivity index (χ0v) is 51.8. The van der Waals surface area contributed by atoms with Crippen molar-refractivity contribution in [2.75, 3.05) is 40.9 Å². The molecule has 444 valence electrons. The average Bonchev–Trinajstić information content (AvgIpc) is 3.36. The predicted molar refractivity (Wildman–Crippen MR) is 323 cm³/mol. The number of quaternary nitrogens is 1. The summed E-state index contributed by atoms with van der Waals surface area (Å²) in [5.74, 6) is -0.134. The normalized spacial score (nSPS) is 13.7. The monoisotopic (exact) mass is 1070 g/mol. The lowest BCUT2D eigenvalue weighted by Gasteiger charge is -2.26. The SMILES string of the molecule is CCCCCCCCCCCCCCCCCCCCCCCCCCCCCCCC(=O)NC(COP(=O)(O)OCC[N+](C)(C)C)C(O)CCCCCCCCCCCCCCCCCCCCCCCCC. The third-order valence-corrected chi connectivity index (χ3v) is 16.8. The highest BCUT2D eigenvalue weighted by Crippen LogP contribution is 2.43. The molecule has 3 atom stereocenters. The second-order valence-electron chi connectivity index (χ2n) is 24.6. The Bertz CT molecular complexity index is 1170. The number of aliphatic hydroxyl groups is 1. The van der Waals surface area contributed by atoms with Crippen LogP contribution in [0.4, 0.5) is 0 Å². The van der Waals surface area contributed by atoms with Gasteiger partial charge in [0.15, 0.2) is 0 Å². The molecule has 0 radical (unpaired) electrons. The Hall–Kier alpha value is -0.500. The Morgan fingerprint density at radius 3 is 0.905 bits per heavy atom. The summed E-state index contributed by atoms with van der Waals surface area (Å²) in [5.41, 5.74) is 0. The van der Waals surface area contributed by atoms with Crippen LogP contribution < -0.4 is 5.32 Å². The molecule has 0 bridgehead atoms. The molecule has 74 heavy (non-hydrogen) atoms. The van der Waals surface area contributed by atoms with Gasteiger partial charge in [-0.05, 0) is 12.8 Å². The number of nitrogens with one attached hydrogen (secondary N) is 1. The number of hydrogen-bond acceptors (Lipinski definition) is 5. The van der Waals surface area contributed by atoms with E-state index in [9.17, 15) is 19.4 Å². The molecule has 0 aromatic heterocycles. The Morgan fingerprint density at radius 1 is 0.405 bits per heavy atom. The molecule has 0 fully saturated rings. The van der Waals surface area contributed by atoms with Crippen LogP contribution >= 0.6 is 7.82 Å². The lowest BCUT2D eigenvalue weighted by atomic mass is 10.0. The first-order valence-electron chi connectivity index (χ1n) is 33.4. The first kappa shape index (κ1) is 73.5. The molecule has 0 saturated carbocycles. The van der Waals surface area contributed by atoms with E-state index >= 15 is 0 Å². The summed E-state index contributed by atoms with van der Waals surface area (Å²) in [7, 11) is 1.64. The van der Waals surface area contributed by atoms with E-state index in [4.69, 9.17) is 9.05 Å². The number of carbonyl (C=O) groups is 1. The number of nitrogens with zero attached hydrogens (tertiary/aromatic N) is 1. The van der Waals surface area contributed by atoms with Gasteiger partial charge in [0.1, 0.15) is 13.2 Å². The molecular weight excluding hydrogens is 936 g/mol. The highest BCUT2D eigenvalue weighted by molar-refractivity contribution is 7.47. The largest absolute Gasteiger partial charge is 0.472 e. The van der Waals surface area contributed by atoms with Crippen LogP contribution in [0.1, 0.15) is 361 Å². The van der Waals surface area contributed by atoms with Crippen LogP contribution in [0.15, 0.2) is 0 Å². The average molecular weight is 1070 g/mol. The number of likely N-dealkylation sites (N-methyl/N-ethyl adjacent to an activating group) is 1. The molecule has 0 saturated heterocycles. The lowest BCUT2D eigenvalue weighted by Crippen LogP contribution is -2.46. The molecule has 1 amide bonds. The predicted octanol–water partition coefficient (Wildman–Crippen LogP) is 20.8. The highest BCUT2D eigenvalue weighted by Gasteiger charge is 2.28. The van der Waals surface area contributed by atoms with Gasteiger partial charge in [0.2, 0.25) is 5.91 Å². The Kier molecular flexibility index (Phi) is 56.8. The van der Waals surface area contributed by atoms with E-state index in [0.717, 1.165) is 38.5 Å². The smallest absolute Gasteiger partial charge is 0.391 e. The molecule has 0 heterocycles. The van der Waals surface area contributed by atoms with Gasteiger partial charge in [-0.25, -0.2) is 4.57 Å². The van der Waals surface area contributed by atoms with Crippen molar-refractivity contribution in [2.45, 2.75) is 373 Å². The number of amides is 1. The second kappa shape index (κ2) is 57.2. The fourth-order valence-corrected chi connectivity index (χ4v) is 11.4. The number of aliphatic hydroxyl groups excluding tert-OH is 1. The zero-order valence-electron chi connectivity index (χ0n) is 50.9. The van der Waals surface area contributed by atoms with Crippen LogP contribution in [0, 0.1) is 0 Å². The Balaban J connectivity index is 4.01. The first-order valence-corrected chi connectivity index (χ1v) is 34.9. The molecule has 0 aromatic rings. The summed E-state index contributed by atoms with van der Waals surface area (Å²) in [6, 6.07) is -0.756. The summed E-state index contributed by atoms with van der Waals surface area (Å²) in [6.45, 7) is 4.96. The molecular formula is C65H134N2O6P+. The maximum Gasteiger partial charge on any atom is 0.472 e. The molecule has 9 heteroatoms. The zero-order chi connectivity index (χ0) is 54.2. The Morgan fingerprint density at radius 2 is 0.649 bits per heavy atom. The lowest BCUT2D eigenvalue weighted by molar-refractivity contribution is -0.870. The van der Waals surface area contributed by atoms with Gasteiger partial charge in [0.25, 0.3) is 0 Å². The minimum absolute atomic E-state index is 0.0794. The van der Waals surface area contributed by atoms with E-state index in [2.05, 4.69) is 19.2 Å². The topological polar surface area (TPSA) is 105 Å². The van der Waals surface area contributed by atoms with Crippen molar-refractivity contribution >= 4 is 13.7 Å². The van der Waals surface area contributed by atoms with Gasteiger partial charge in [0.05, 0.1) is 39.9 Å². The molecule has 0 rings (SSSR count). The quantitative estimate of drug-likeness (QED) is 0.0318. The molecule has 3 unspecified atom stereocenters. The number of carbonyl (C=O) groups excluding carboxylic acids is 1. The van der Waals surface area contributed by atoms with Crippen molar-refractivity contribution in [3.8, 4) is 0 Å². The fourth-order valence-electron chi connectivity index (χ4n) is 10.6. The van der Waals surface area contributed by atoms with Crippen LogP contribution in [0.5, 0.6) is 0 Å². The van der Waals surface area contributed by atoms with E-state index in [1.165, 1.54) is 295 Å². The van der Waals surface area contributed by atoms with Crippen LogP contribution in [0.25, 0.3) is 0 Å². The number of rotatable bonds is 63. The Labute approximate surface area is 463 Å². The fraction of sp³-hybridized carbons (Fsp3) is 0.985. The minimum Gasteiger partial charge on any atom is -0.391 e. The van der Waals surface area contributed by atoms with Gasteiger partial charge in [-0.3, -0.25) is 13.8 Å². The highest BCUT2D eigenvalue weighted by atomic mass is 31.2. The van der Waals surface area contributed by atoms with Crippen molar-refractivity contribution in [3.63, 3.8) is 0 Å². The van der Waals surface area contributed by atoms with Crippen molar-refractivity contribution in [3.05, 3.63) is 0 Å². The summed E-state index contributed by atoms with van der Waals surface area (Å²) >= 11 is 0. The van der Waals surface area contributed by atoms with E-state index in [1.807, 2.05) is 21.1 Å². The van der Waals surface area contributed by atoms with Gasteiger partial charge in [-0.1, -0.05) is 341 Å². The second-order valence-corrected chi connectivity index (χ2v) is 26.0. The minimum atomic E-state index is -4.32. The summed E-state index contributed by atoms with van der Waals surface area (Å²) in [5, 5.41) is 14.1. The number of unbranched alkanes of at least 4 members (excludes halogenated alkanes) is 50. The van der Waals surface area contributed by atoms with Crippen molar-refractivity contribution < 1.29 is 32.9 Å². The summed E-state index contributed by atoms with van der Waals surface area (Å²) < 4.78 is 23.9. The maximum absolute atomic E-state index is 13.1. The molecule has 0 aromatic carbocycles. The van der Waals surface area contributed by atoms with E-state index < -0.39 is 20.0 Å². The van der Waals surface area contributed by atoms with Gasteiger partial charge in [-0.2, -0.15) is 0 Å². The van der Waals surface area contributed by atoms with Gasteiger partial charge >= 0.3 is 7.82 Å². The van der Waals surface area contributed by atoms with E-state index in [-0.39, 0.29) is 19.1 Å².